The molecule has 0 spiro atoms. The van der Waals surface area contributed by atoms with Crippen LogP contribution in [0.3, 0.4) is 0 Å². The minimum atomic E-state index is 0.343. The Morgan fingerprint density at radius 3 is 1.93 bits per heavy atom. The molecule has 2 nitrogen and oxygen atoms in total. The summed E-state index contributed by atoms with van der Waals surface area (Å²) in [4.78, 5) is 10.2. The number of carbonyl (C=O) groups excluding carboxylic acids is 1. The second-order valence-electron chi connectivity index (χ2n) is 2.72. The highest BCUT2D eigenvalue weighted by molar-refractivity contribution is 5.77. The fourth-order valence-corrected chi connectivity index (χ4v) is 0.763. The highest BCUT2D eigenvalue weighted by Gasteiger charge is 1.86. The van der Waals surface area contributed by atoms with Crippen LogP contribution in [-0.4, -0.2) is 5.78 Å². The number of rotatable bonds is 2. The van der Waals surface area contributed by atoms with Gasteiger partial charge in [0.1, 0.15) is 5.78 Å². The topological polar surface area (TPSA) is 40.9 Å². The number of Topliss-reactive ketones (excluding diaryl/α,β-unsaturated/α-hetero) is 1. The Morgan fingerprint density at radius 1 is 1.21 bits per heavy atom. The van der Waals surface area contributed by atoms with Crippen molar-refractivity contribution in [3.63, 3.8) is 0 Å². The standard InChI is InChI=1S/C7H5N.C5H10O/c8-6-7-4-2-1-3-5-7;1-3-5(6)4-2/h1-5H;3-4H2,1-2H3. The molecule has 0 atom stereocenters. The monoisotopic (exact) mass is 189 g/mol. The number of ketones is 1. The number of hydrogen-bond donors (Lipinski definition) is 0. The van der Waals surface area contributed by atoms with Crippen molar-refractivity contribution in [3.8, 4) is 6.07 Å². The van der Waals surface area contributed by atoms with E-state index in [1.165, 1.54) is 0 Å². The van der Waals surface area contributed by atoms with Crippen LogP contribution in [0.1, 0.15) is 32.3 Å². The summed E-state index contributed by atoms with van der Waals surface area (Å²) in [5, 5.41) is 8.29. The fourth-order valence-electron chi connectivity index (χ4n) is 0.763. The van der Waals surface area contributed by atoms with Gasteiger partial charge in [0.2, 0.25) is 0 Å². The summed E-state index contributed by atoms with van der Waals surface area (Å²) in [5.74, 6) is 0.343. The Balaban J connectivity index is 0.000000255. The second-order valence-corrected chi connectivity index (χ2v) is 2.72. The van der Waals surface area contributed by atoms with Gasteiger partial charge in [-0.2, -0.15) is 5.26 Å². The quantitative estimate of drug-likeness (QED) is 0.717. The van der Waals surface area contributed by atoms with Crippen molar-refractivity contribution in [1.29, 1.82) is 5.26 Å². The molecule has 0 aliphatic rings. The molecular formula is C12H15NO. The molecule has 0 N–H and O–H groups in total. The lowest BCUT2D eigenvalue weighted by atomic mass is 10.2. The van der Waals surface area contributed by atoms with Gasteiger partial charge < -0.3 is 0 Å². The summed E-state index contributed by atoms with van der Waals surface area (Å²) in [7, 11) is 0. The van der Waals surface area contributed by atoms with E-state index in [4.69, 9.17) is 5.26 Å². The summed E-state index contributed by atoms with van der Waals surface area (Å²) in [6.45, 7) is 3.76. The maximum atomic E-state index is 10.2. The molecule has 0 aliphatic carbocycles. The third-order valence-corrected chi connectivity index (χ3v) is 1.69. The predicted molar refractivity (Wildman–Crippen MR) is 56.7 cm³/mol. The molecule has 1 aromatic carbocycles. The van der Waals surface area contributed by atoms with E-state index in [-0.39, 0.29) is 0 Å². The van der Waals surface area contributed by atoms with Crippen LogP contribution in [-0.2, 0) is 4.79 Å². The van der Waals surface area contributed by atoms with E-state index in [1.54, 1.807) is 12.1 Å². The van der Waals surface area contributed by atoms with Gasteiger partial charge in [0.25, 0.3) is 0 Å². The molecule has 0 aromatic heterocycles. The zero-order valence-electron chi connectivity index (χ0n) is 8.66. The number of nitriles is 1. The third kappa shape index (κ3) is 5.96. The van der Waals surface area contributed by atoms with E-state index in [0.29, 0.717) is 24.2 Å². The van der Waals surface area contributed by atoms with Gasteiger partial charge in [-0.15, -0.1) is 0 Å². The SMILES string of the molecule is CCC(=O)CC.N#Cc1ccccc1. The first-order chi connectivity index (χ1) is 6.74. The van der Waals surface area contributed by atoms with Crippen LogP contribution in [0.15, 0.2) is 30.3 Å². The van der Waals surface area contributed by atoms with Gasteiger partial charge in [-0.1, -0.05) is 32.0 Å². The molecule has 1 aromatic rings. The molecular weight excluding hydrogens is 174 g/mol. The van der Waals surface area contributed by atoms with Gasteiger partial charge in [-0.3, -0.25) is 4.79 Å². The first-order valence-electron chi connectivity index (χ1n) is 4.71. The minimum absolute atomic E-state index is 0.343. The second kappa shape index (κ2) is 8.00. The van der Waals surface area contributed by atoms with Crippen molar-refractivity contribution in [2.24, 2.45) is 0 Å². The summed E-state index contributed by atoms with van der Waals surface area (Å²) in [5.41, 5.74) is 0.715. The van der Waals surface area contributed by atoms with Crippen LogP contribution in [0.4, 0.5) is 0 Å². The molecule has 0 fully saturated rings. The summed E-state index contributed by atoms with van der Waals surface area (Å²) in [6, 6.07) is 11.2. The lowest BCUT2D eigenvalue weighted by Crippen LogP contribution is -1.88. The van der Waals surface area contributed by atoms with Crippen LogP contribution in [0, 0.1) is 11.3 Å². The summed E-state index contributed by atoms with van der Waals surface area (Å²) < 4.78 is 0. The van der Waals surface area contributed by atoms with E-state index in [1.807, 2.05) is 38.1 Å². The molecule has 0 bridgehead atoms. The van der Waals surface area contributed by atoms with Crippen LogP contribution in [0.2, 0.25) is 0 Å². The van der Waals surface area contributed by atoms with Gasteiger partial charge in [0, 0.05) is 12.8 Å². The maximum Gasteiger partial charge on any atom is 0.132 e. The van der Waals surface area contributed by atoms with Crippen molar-refractivity contribution in [2.45, 2.75) is 26.7 Å². The average Bonchev–Trinajstić information content (AvgIpc) is 2.30. The van der Waals surface area contributed by atoms with Crippen LogP contribution in [0.25, 0.3) is 0 Å². The van der Waals surface area contributed by atoms with E-state index < -0.39 is 0 Å². The van der Waals surface area contributed by atoms with Crippen molar-refractivity contribution >= 4 is 5.78 Å². The Labute approximate surface area is 85.2 Å². The van der Waals surface area contributed by atoms with Gasteiger partial charge in [-0.05, 0) is 12.1 Å². The van der Waals surface area contributed by atoms with Gasteiger partial charge in [0.15, 0.2) is 0 Å². The minimum Gasteiger partial charge on any atom is -0.300 e. The first kappa shape index (κ1) is 12.4. The van der Waals surface area contributed by atoms with Crippen LogP contribution >= 0.6 is 0 Å². The lowest BCUT2D eigenvalue weighted by molar-refractivity contribution is -0.118. The number of nitrogens with zero attached hydrogens (tertiary/aromatic N) is 1. The van der Waals surface area contributed by atoms with Crippen LogP contribution < -0.4 is 0 Å². The summed E-state index contributed by atoms with van der Waals surface area (Å²) >= 11 is 0. The third-order valence-electron chi connectivity index (χ3n) is 1.69. The number of hydrogen-bond acceptors (Lipinski definition) is 2. The van der Waals surface area contributed by atoms with E-state index in [2.05, 4.69) is 0 Å². The fraction of sp³-hybridized carbons (Fsp3) is 0.333. The zero-order valence-corrected chi connectivity index (χ0v) is 8.66. The predicted octanol–water partition coefficient (Wildman–Crippen LogP) is 2.93. The van der Waals surface area contributed by atoms with Crippen molar-refractivity contribution < 1.29 is 4.79 Å². The molecule has 0 aliphatic heterocycles. The number of benzene rings is 1. The molecule has 1 rings (SSSR count). The van der Waals surface area contributed by atoms with Gasteiger partial charge in [-0.25, -0.2) is 0 Å². The van der Waals surface area contributed by atoms with Crippen LogP contribution in [0.5, 0.6) is 0 Å². The Kier molecular flexibility index (Phi) is 7.07. The van der Waals surface area contributed by atoms with E-state index in [0.717, 1.165) is 0 Å². The maximum absolute atomic E-state index is 10.2. The highest BCUT2D eigenvalue weighted by atomic mass is 16.1. The van der Waals surface area contributed by atoms with Crippen molar-refractivity contribution in [3.05, 3.63) is 35.9 Å². The van der Waals surface area contributed by atoms with Gasteiger partial charge in [0.05, 0.1) is 11.6 Å². The normalized spacial score (nSPS) is 8.07. The number of carbonyl (C=O) groups is 1. The Morgan fingerprint density at radius 2 is 1.71 bits per heavy atom. The smallest absolute Gasteiger partial charge is 0.132 e. The molecule has 14 heavy (non-hydrogen) atoms. The zero-order chi connectivity index (χ0) is 10.8. The molecule has 74 valence electrons. The summed E-state index contributed by atoms with van der Waals surface area (Å²) in [6.07, 6.45) is 1.38. The average molecular weight is 189 g/mol. The van der Waals surface area contributed by atoms with E-state index in [9.17, 15) is 4.79 Å². The molecule has 0 unspecified atom stereocenters. The van der Waals surface area contributed by atoms with Crippen molar-refractivity contribution in [1.82, 2.24) is 0 Å². The highest BCUT2D eigenvalue weighted by Crippen LogP contribution is 1.93. The molecule has 0 saturated heterocycles. The van der Waals surface area contributed by atoms with Gasteiger partial charge >= 0.3 is 0 Å². The molecule has 0 radical (unpaired) electrons. The molecule has 2 heteroatoms. The Hall–Kier alpha value is -1.62. The first-order valence-corrected chi connectivity index (χ1v) is 4.71. The largest absolute Gasteiger partial charge is 0.300 e. The van der Waals surface area contributed by atoms with Crippen molar-refractivity contribution in [2.75, 3.05) is 0 Å². The lowest BCUT2D eigenvalue weighted by Gasteiger charge is -1.81. The molecule has 0 amide bonds. The molecule has 0 heterocycles. The molecule has 0 saturated carbocycles. The van der Waals surface area contributed by atoms with E-state index >= 15 is 0 Å². The Bertz CT molecular complexity index is 292.